The summed E-state index contributed by atoms with van der Waals surface area (Å²) in [5, 5.41) is 11.0. The number of Topliss-reactive ketones (excluding diaryl/α,β-unsaturated/α-hetero) is 1. The molecule has 6 nitrogen and oxygen atoms in total. The van der Waals surface area contributed by atoms with E-state index in [4.69, 9.17) is 9.47 Å². The molecule has 0 radical (unpaired) electrons. The Kier molecular flexibility index (Phi) is 6.34. The van der Waals surface area contributed by atoms with E-state index < -0.39 is 17.7 Å². The van der Waals surface area contributed by atoms with Gasteiger partial charge in [0.2, 0.25) is 0 Å². The third-order valence-electron chi connectivity index (χ3n) is 5.04. The fourth-order valence-corrected chi connectivity index (χ4v) is 3.49. The number of amides is 1. The van der Waals surface area contributed by atoms with Gasteiger partial charge >= 0.3 is 0 Å². The van der Waals surface area contributed by atoms with Crippen molar-refractivity contribution in [1.29, 1.82) is 0 Å². The Balaban J connectivity index is 2.09. The molecule has 0 spiro atoms. The van der Waals surface area contributed by atoms with Crippen LogP contribution in [0.5, 0.6) is 5.75 Å². The van der Waals surface area contributed by atoms with E-state index in [2.05, 4.69) is 0 Å². The average molecular weight is 395 g/mol. The van der Waals surface area contributed by atoms with Crippen LogP contribution >= 0.6 is 0 Å². The zero-order valence-electron chi connectivity index (χ0n) is 16.8. The Labute approximate surface area is 170 Å². The van der Waals surface area contributed by atoms with Crippen molar-refractivity contribution in [2.75, 3.05) is 27.4 Å². The second-order valence-electron chi connectivity index (χ2n) is 6.98. The van der Waals surface area contributed by atoms with Gasteiger partial charge in [-0.25, -0.2) is 0 Å². The van der Waals surface area contributed by atoms with Crippen molar-refractivity contribution in [3.63, 3.8) is 0 Å². The van der Waals surface area contributed by atoms with Crippen molar-refractivity contribution >= 4 is 17.4 Å². The van der Waals surface area contributed by atoms with Crippen molar-refractivity contribution in [3.05, 3.63) is 70.8 Å². The van der Waals surface area contributed by atoms with Gasteiger partial charge in [-0.2, -0.15) is 0 Å². The minimum absolute atomic E-state index is 0.0986. The summed E-state index contributed by atoms with van der Waals surface area (Å²) in [7, 11) is 3.16. The van der Waals surface area contributed by atoms with Crippen molar-refractivity contribution < 1.29 is 24.2 Å². The van der Waals surface area contributed by atoms with Gasteiger partial charge in [-0.05, 0) is 31.0 Å². The number of likely N-dealkylation sites (tertiary alicyclic amines) is 1. The first-order chi connectivity index (χ1) is 14.0. The molecule has 0 unspecified atom stereocenters. The van der Waals surface area contributed by atoms with E-state index in [1.54, 1.807) is 50.6 Å². The first kappa shape index (κ1) is 20.6. The number of nitrogens with zero attached hydrogens (tertiary/aromatic N) is 1. The number of aryl methyl sites for hydroxylation is 1. The van der Waals surface area contributed by atoms with Gasteiger partial charge in [0.05, 0.1) is 18.7 Å². The van der Waals surface area contributed by atoms with Crippen LogP contribution in [-0.4, -0.2) is 49.1 Å². The molecule has 1 heterocycles. The number of benzene rings is 2. The number of aliphatic hydroxyl groups excluding tert-OH is 1. The molecule has 29 heavy (non-hydrogen) atoms. The maximum absolute atomic E-state index is 12.9. The number of rotatable bonds is 7. The molecule has 0 saturated carbocycles. The lowest BCUT2D eigenvalue weighted by atomic mass is 9.95. The summed E-state index contributed by atoms with van der Waals surface area (Å²) in [4.78, 5) is 27.1. The normalized spacial score (nSPS) is 18.3. The fraction of sp³-hybridized carbons (Fsp3) is 0.304. The molecule has 1 fully saturated rings. The third-order valence-corrected chi connectivity index (χ3v) is 5.04. The zero-order valence-corrected chi connectivity index (χ0v) is 16.8. The van der Waals surface area contributed by atoms with Crippen LogP contribution in [0.1, 0.15) is 29.2 Å². The molecule has 0 bridgehead atoms. The monoisotopic (exact) mass is 395 g/mol. The van der Waals surface area contributed by atoms with Crippen LogP contribution in [-0.2, 0) is 14.3 Å². The molecule has 6 heteroatoms. The number of hydrogen-bond acceptors (Lipinski definition) is 5. The van der Waals surface area contributed by atoms with Gasteiger partial charge in [0.25, 0.3) is 11.7 Å². The number of aliphatic hydroxyl groups is 1. The lowest BCUT2D eigenvalue weighted by Gasteiger charge is -2.25. The van der Waals surface area contributed by atoms with E-state index in [0.29, 0.717) is 30.9 Å². The van der Waals surface area contributed by atoms with Gasteiger partial charge in [0, 0.05) is 25.8 Å². The molecule has 2 aromatic rings. The molecule has 1 N–H and O–H groups in total. The number of methoxy groups -OCH3 is 2. The summed E-state index contributed by atoms with van der Waals surface area (Å²) in [5.74, 6) is -0.793. The van der Waals surface area contributed by atoms with Gasteiger partial charge in [0.1, 0.15) is 11.5 Å². The second kappa shape index (κ2) is 8.92. The Morgan fingerprint density at radius 1 is 1.03 bits per heavy atom. The SMILES string of the molecule is COCCCN1C(=O)C(=O)C(=C(O)c2ccc(C)cc2)[C@H]1c1ccc(OC)cc1. The predicted molar refractivity (Wildman–Crippen MR) is 110 cm³/mol. The van der Waals surface area contributed by atoms with E-state index in [9.17, 15) is 14.7 Å². The van der Waals surface area contributed by atoms with E-state index in [-0.39, 0.29) is 11.3 Å². The first-order valence-electron chi connectivity index (χ1n) is 9.46. The van der Waals surface area contributed by atoms with E-state index in [1.807, 2.05) is 19.1 Å². The van der Waals surface area contributed by atoms with Crippen molar-refractivity contribution in [3.8, 4) is 5.75 Å². The molecular weight excluding hydrogens is 370 g/mol. The first-order valence-corrected chi connectivity index (χ1v) is 9.46. The highest BCUT2D eigenvalue weighted by atomic mass is 16.5. The molecule has 2 aromatic carbocycles. The highest BCUT2D eigenvalue weighted by Crippen LogP contribution is 2.39. The highest BCUT2D eigenvalue weighted by Gasteiger charge is 2.45. The van der Waals surface area contributed by atoms with Crippen molar-refractivity contribution in [1.82, 2.24) is 4.90 Å². The molecular formula is C23H25NO5. The summed E-state index contributed by atoms with van der Waals surface area (Å²) in [6, 6.07) is 13.7. The maximum atomic E-state index is 12.9. The summed E-state index contributed by atoms with van der Waals surface area (Å²) in [6.07, 6.45) is 0.584. The topological polar surface area (TPSA) is 76.1 Å². The molecule has 1 amide bonds. The molecule has 152 valence electrons. The minimum Gasteiger partial charge on any atom is -0.507 e. The number of carbonyl (C=O) groups is 2. The van der Waals surface area contributed by atoms with Gasteiger partial charge in [-0.15, -0.1) is 0 Å². The summed E-state index contributed by atoms with van der Waals surface area (Å²) in [5.41, 5.74) is 2.37. The van der Waals surface area contributed by atoms with E-state index in [0.717, 1.165) is 11.1 Å². The molecule has 1 atom stereocenters. The van der Waals surface area contributed by atoms with Crippen molar-refractivity contribution in [2.24, 2.45) is 0 Å². The minimum atomic E-state index is -0.679. The second-order valence-corrected chi connectivity index (χ2v) is 6.98. The van der Waals surface area contributed by atoms with Crippen molar-refractivity contribution in [2.45, 2.75) is 19.4 Å². The molecule has 1 saturated heterocycles. The molecule has 0 aliphatic carbocycles. The lowest BCUT2D eigenvalue weighted by molar-refractivity contribution is -0.140. The van der Waals surface area contributed by atoms with Crippen LogP contribution in [0.2, 0.25) is 0 Å². The summed E-state index contributed by atoms with van der Waals surface area (Å²) >= 11 is 0. The predicted octanol–water partition coefficient (Wildman–Crippen LogP) is 3.46. The molecule has 3 rings (SSSR count). The summed E-state index contributed by atoms with van der Waals surface area (Å²) in [6.45, 7) is 2.76. The van der Waals surface area contributed by atoms with Gasteiger partial charge in [0.15, 0.2) is 0 Å². The molecule has 1 aliphatic heterocycles. The Morgan fingerprint density at radius 3 is 2.28 bits per heavy atom. The number of hydrogen-bond donors (Lipinski definition) is 1. The van der Waals surface area contributed by atoms with Crippen LogP contribution in [0.25, 0.3) is 5.76 Å². The van der Waals surface area contributed by atoms with Crippen LogP contribution in [0.15, 0.2) is 54.1 Å². The Bertz CT molecular complexity index is 915. The standard InChI is InChI=1S/C23H25NO5/c1-15-5-7-17(8-6-15)21(25)19-20(16-9-11-18(29-3)12-10-16)24(13-4-14-28-2)23(27)22(19)26/h5-12,20,25H,4,13-14H2,1-3H3/t20-/m1/s1. The third kappa shape index (κ3) is 4.17. The number of ketones is 1. The van der Waals surface area contributed by atoms with Crippen LogP contribution in [0.4, 0.5) is 0 Å². The quantitative estimate of drug-likeness (QED) is 0.336. The van der Waals surface area contributed by atoms with Gasteiger partial charge in [-0.3, -0.25) is 9.59 Å². The van der Waals surface area contributed by atoms with Crippen LogP contribution < -0.4 is 4.74 Å². The van der Waals surface area contributed by atoms with E-state index >= 15 is 0 Å². The average Bonchev–Trinajstić information content (AvgIpc) is 2.99. The number of carbonyl (C=O) groups excluding carboxylic acids is 2. The van der Waals surface area contributed by atoms with Gasteiger partial charge in [-0.1, -0.05) is 42.0 Å². The van der Waals surface area contributed by atoms with Crippen LogP contribution in [0.3, 0.4) is 0 Å². The van der Waals surface area contributed by atoms with Gasteiger partial charge < -0.3 is 19.5 Å². The smallest absolute Gasteiger partial charge is 0.295 e. The molecule has 1 aliphatic rings. The summed E-state index contributed by atoms with van der Waals surface area (Å²) < 4.78 is 10.3. The highest BCUT2D eigenvalue weighted by molar-refractivity contribution is 6.46. The Morgan fingerprint density at radius 2 is 1.69 bits per heavy atom. The Hall–Kier alpha value is -3.12. The fourth-order valence-electron chi connectivity index (χ4n) is 3.49. The van der Waals surface area contributed by atoms with E-state index in [1.165, 1.54) is 4.90 Å². The lowest BCUT2D eigenvalue weighted by Crippen LogP contribution is -2.31. The zero-order chi connectivity index (χ0) is 21.0. The largest absolute Gasteiger partial charge is 0.507 e. The van der Waals surface area contributed by atoms with Crippen LogP contribution in [0, 0.1) is 6.92 Å². The maximum Gasteiger partial charge on any atom is 0.295 e. The molecule has 0 aromatic heterocycles. The number of ether oxygens (including phenoxy) is 2.